The van der Waals surface area contributed by atoms with Crippen LogP contribution in [0.15, 0.2) is 48.5 Å². The van der Waals surface area contributed by atoms with Crippen molar-refractivity contribution in [3.8, 4) is 0 Å². The van der Waals surface area contributed by atoms with Crippen LogP contribution in [0.25, 0.3) is 10.9 Å². The number of likely N-dealkylation sites (tertiary alicyclic amines) is 1. The molecule has 0 saturated carbocycles. The predicted molar refractivity (Wildman–Crippen MR) is 118 cm³/mol. The second kappa shape index (κ2) is 8.84. The SMILES string of the molecule is Cc1ccc(CNC(=O)C2CCN(C(=O)c3cc4ccccc4nc3C)CC2)cc1F. The van der Waals surface area contributed by atoms with Crippen molar-refractivity contribution in [1.29, 1.82) is 0 Å². The first kappa shape index (κ1) is 21.0. The molecule has 1 N–H and O–H groups in total. The van der Waals surface area contributed by atoms with Crippen LogP contribution in [0.2, 0.25) is 0 Å². The Morgan fingerprint density at radius 3 is 2.58 bits per heavy atom. The lowest BCUT2D eigenvalue weighted by molar-refractivity contribution is -0.126. The lowest BCUT2D eigenvalue weighted by Gasteiger charge is -2.31. The first-order chi connectivity index (χ1) is 14.9. The molecule has 160 valence electrons. The van der Waals surface area contributed by atoms with Gasteiger partial charge in [-0.25, -0.2) is 4.39 Å². The Labute approximate surface area is 181 Å². The normalized spacial score (nSPS) is 14.6. The number of aryl methyl sites for hydroxylation is 2. The van der Waals surface area contributed by atoms with E-state index in [1.807, 2.05) is 43.3 Å². The van der Waals surface area contributed by atoms with Crippen LogP contribution in [0.1, 0.15) is 40.0 Å². The van der Waals surface area contributed by atoms with E-state index >= 15 is 0 Å². The van der Waals surface area contributed by atoms with Crippen LogP contribution in [-0.4, -0.2) is 34.8 Å². The summed E-state index contributed by atoms with van der Waals surface area (Å²) >= 11 is 0. The number of nitrogens with zero attached hydrogens (tertiary/aromatic N) is 2. The van der Waals surface area contributed by atoms with Gasteiger partial charge in [-0.2, -0.15) is 0 Å². The summed E-state index contributed by atoms with van der Waals surface area (Å²) in [5.41, 5.74) is 3.53. The smallest absolute Gasteiger partial charge is 0.255 e. The number of nitrogens with one attached hydrogen (secondary N) is 1. The van der Waals surface area contributed by atoms with E-state index in [4.69, 9.17) is 0 Å². The summed E-state index contributed by atoms with van der Waals surface area (Å²) in [5, 5.41) is 3.84. The number of hydrogen-bond acceptors (Lipinski definition) is 3. The topological polar surface area (TPSA) is 62.3 Å². The zero-order valence-corrected chi connectivity index (χ0v) is 17.8. The van der Waals surface area contributed by atoms with Crippen molar-refractivity contribution in [2.45, 2.75) is 33.2 Å². The van der Waals surface area contributed by atoms with Gasteiger partial charge in [-0.05, 0) is 56.0 Å². The molecule has 31 heavy (non-hydrogen) atoms. The average molecular weight is 420 g/mol. The van der Waals surface area contributed by atoms with Crippen LogP contribution in [0.3, 0.4) is 0 Å². The van der Waals surface area contributed by atoms with Crippen LogP contribution in [0.4, 0.5) is 4.39 Å². The monoisotopic (exact) mass is 419 g/mol. The van der Waals surface area contributed by atoms with E-state index in [9.17, 15) is 14.0 Å². The fourth-order valence-electron chi connectivity index (χ4n) is 4.02. The van der Waals surface area contributed by atoms with Gasteiger partial charge in [0.1, 0.15) is 5.82 Å². The van der Waals surface area contributed by atoms with E-state index in [2.05, 4.69) is 10.3 Å². The van der Waals surface area contributed by atoms with Crippen molar-refractivity contribution in [1.82, 2.24) is 15.2 Å². The number of rotatable bonds is 4. The third kappa shape index (κ3) is 4.58. The largest absolute Gasteiger partial charge is 0.352 e. The molecule has 1 aromatic heterocycles. The number of hydrogen-bond donors (Lipinski definition) is 1. The molecule has 1 saturated heterocycles. The lowest BCUT2D eigenvalue weighted by atomic mass is 9.95. The van der Waals surface area contributed by atoms with Crippen molar-refractivity contribution >= 4 is 22.7 Å². The van der Waals surface area contributed by atoms with Crippen molar-refractivity contribution in [2.24, 2.45) is 5.92 Å². The van der Waals surface area contributed by atoms with E-state index in [1.54, 1.807) is 17.9 Å². The van der Waals surface area contributed by atoms with E-state index in [1.165, 1.54) is 6.07 Å². The van der Waals surface area contributed by atoms with Gasteiger partial charge in [0, 0.05) is 30.9 Å². The number of piperidine rings is 1. The number of halogens is 1. The first-order valence-electron chi connectivity index (χ1n) is 10.6. The standard InChI is InChI=1S/C25H26FN3O2/c1-16-7-8-18(13-22(16)26)15-27-24(30)19-9-11-29(12-10-19)25(31)21-14-20-5-3-4-6-23(20)28-17(21)2/h3-8,13-14,19H,9-12,15H2,1-2H3,(H,27,30). The van der Waals surface area contributed by atoms with Crippen molar-refractivity contribution < 1.29 is 14.0 Å². The molecule has 2 aromatic carbocycles. The summed E-state index contributed by atoms with van der Waals surface area (Å²) in [5.74, 6) is -0.492. The maximum atomic E-state index is 13.7. The number of benzene rings is 2. The zero-order chi connectivity index (χ0) is 22.0. The molecular formula is C25H26FN3O2. The average Bonchev–Trinajstić information content (AvgIpc) is 2.79. The van der Waals surface area contributed by atoms with Gasteiger partial charge in [0.2, 0.25) is 5.91 Å². The van der Waals surface area contributed by atoms with Gasteiger partial charge in [0.15, 0.2) is 0 Å². The van der Waals surface area contributed by atoms with Crippen LogP contribution in [-0.2, 0) is 11.3 Å². The minimum atomic E-state index is -0.267. The molecule has 0 atom stereocenters. The minimum Gasteiger partial charge on any atom is -0.352 e. The quantitative estimate of drug-likeness (QED) is 0.691. The lowest BCUT2D eigenvalue weighted by Crippen LogP contribution is -2.43. The number of carbonyl (C=O) groups excluding carboxylic acids is 2. The van der Waals surface area contributed by atoms with Crippen molar-refractivity contribution in [3.05, 3.63) is 76.7 Å². The molecule has 0 bridgehead atoms. The van der Waals surface area contributed by atoms with E-state index < -0.39 is 0 Å². The van der Waals surface area contributed by atoms with Gasteiger partial charge in [0.25, 0.3) is 5.91 Å². The number of aromatic nitrogens is 1. The Bertz CT molecular complexity index is 1140. The molecule has 2 amide bonds. The molecule has 1 fully saturated rings. The third-order valence-electron chi connectivity index (χ3n) is 6.00. The van der Waals surface area contributed by atoms with Gasteiger partial charge in [-0.15, -0.1) is 0 Å². The van der Waals surface area contributed by atoms with Gasteiger partial charge >= 0.3 is 0 Å². The number of amides is 2. The highest BCUT2D eigenvalue weighted by atomic mass is 19.1. The molecular weight excluding hydrogens is 393 g/mol. The molecule has 3 aromatic rings. The summed E-state index contributed by atoms with van der Waals surface area (Å²) < 4.78 is 13.7. The van der Waals surface area contributed by atoms with Gasteiger partial charge in [-0.3, -0.25) is 14.6 Å². The molecule has 0 aliphatic carbocycles. The number of para-hydroxylation sites is 1. The molecule has 1 aliphatic heterocycles. The molecule has 2 heterocycles. The second-order valence-electron chi connectivity index (χ2n) is 8.18. The van der Waals surface area contributed by atoms with Gasteiger partial charge < -0.3 is 10.2 Å². The highest BCUT2D eigenvalue weighted by Crippen LogP contribution is 2.22. The van der Waals surface area contributed by atoms with E-state index in [0.717, 1.165) is 16.5 Å². The second-order valence-corrected chi connectivity index (χ2v) is 8.18. The van der Waals surface area contributed by atoms with Crippen LogP contribution >= 0.6 is 0 Å². The number of fused-ring (bicyclic) bond motifs is 1. The highest BCUT2D eigenvalue weighted by molar-refractivity contribution is 5.98. The Kier molecular flexibility index (Phi) is 5.98. The molecule has 6 heteroatoms. The number of carbonyl (C=O) groups is 2. The number of pyridine rings is 1. The molecule has 0 spiro atoms. The molecule has 1 aliphatic rings. The highest BCUT2D eigenvalue weighted by Gasteiger charge is 2.28. The minimum absolute atomic E-state index is 0.0373. The third-order valence-corrected chi connectivity index (χ3v) is 6.00. The van der Waals surface area contributed by atoms with E-state index in [0.29, 0.717) is 49.3 Å². The predicted octanol–water partition coefficient (Wildman–Crippen LogP) is 4.16. The fourth-order valence-corrected chi connectivity index (χ4v) is 4.02. The maximum Gasteiger partial charge on any atom is 0.255 e. The summed E-state index contributed by atoms with van der Waals surface area (Å²) in [6.45, 7) is 4.93. The van der Waals surface area contributed by atoms with Crippen molar-refractivity contribution in [2.75, 3.05) is 13.1 Å². The molecule has 0 radical (unpaired) electrons. The van der Waals surface area contributed by atoms with Gasteiger partial charge in [0.05, 0.1) is 16.8 Å². The molecule has 0 unspecified atom stereocenters. The van der Waals surface area contributed by atoms with Crippen molar-refractivity contribution in [3.63, 3.8) is 0 Å². The summed E-state index contributed by atoms with van der Waals surface area (Å²) in [4.78, 5) is 32.0. The van der Waals surface area contributed by atoms with Crippen LogP contribution < -0.4 is 5.32 Å². The molecule has 5 nitrogen and oxygen atoms in total. The Morgan fingerprint density at radius 1 is 1.10 bits per heavy atom. The Balaban J connectivity index is 1.34. The van der Waals surface area contributed by atoms with Gasteiger partial charge in [-0.1, -0.05) is 30.3 Å². The maximum absolute atomic E-state index is 13.7. The summed E-state index contributed by atoms with van der Waals surface area (Å²) in [6.07, 6.45) is 1.22. The van der Waals surface area contributed by atoms with Crippen LogP contribution in [0.5, 0.6) is 0 Å². The molecule has 4 rings (SSSR count). The Morgan fingerprint density at radius 2 is 1.84 bits per heavy atom. The van der Waals surface area contributed by atoms with Crippen LogP contribution in [0, 0.1) is 25.6 Å². The zero-order valence-electron chi connectivity index (χ0n) is 17.8. The van der Waals surface area contributed by atoms with E-state index in [-0.39, 0.29) is 23.5 Å². The summed E-state index contributed by atoms with van der Waals surface area (Å²) in [6, 6.07) is 14.6. The first-order valence-corrected chi connectivity index (χ1v) is 10.6. The Hall–Kier alpha value is -3.28. The fraction of sp³-hybridized carbons (Fsp3) is 0.320. The summed E-state index contributed by atoms with van der Waals surface area (Å²) in [7, 11) is 0.